The maximum atomic E-state index is 13.0. The molecule has 1 heterocycles. The predicted molar refractivity (Wildman–Crippen MR) is 97.1 cm³/mol. The van der Waals surface area contributed by atoms with Crippen LogP contribution in [-0.2, 0) is 15.7 Å². The SMILES string of the molecule is COCCN(C[C@H]1CN(C[C@H](C)O)CCO1)C(=O)c1cccc(C(F)(F)F)c1. The van der Waals surface area contributed by atoms with Crippen molar-refractivity contribution < 1.29 is 32.5 Å². The highest BCUT2D eigenvalue weighted by Gasteiger charge is 2.32. The Balaban J connectivity index is 2.11. The first kappa shape index (κ1) is 22.6. The molecule has 0 unspecified atom stereocenters. The van der Waals surface area contributed by atoms with Gasteiger partial charge in [-0.15, -0.1) is 0 Å². The summed E-state index contributed by atoms with van der Waals surface area (Å²) in [5.74, 6) is -0.501. The van der Waals surface area contributed by atoms with E-state index in [1.54, 1.807) is 6.92 Å². The first-order valence-corrected chi connectivity index (χ1v) is 9.18. The average molecular weight is 404 g/mol. The van der Waals surface area contributed by atoms with Gasteiger partial charge in [0.05, 0.1) is 31.0 Å². The van der Waals surface area contributed by atoms with Crippen LogP contribution >= 0.6 is 0 Å². The van der Waals surface area contributed by atoms with E-state index in [1.807, 2.05) is 4.90 Å². The minimum Gasteiger partial charge on any atom is -0.392 e. The Bertz CT molecular complexity index is 640. The van der Waals surface area contributed by atoms with E-state index in [4.69, 9.17) is 9.47 Å². The number of aliphatic hydroxyl groups excluding tert-OH is 1. The van der Waals surface area contributed by atoms with Crippen LogP contribution in [0.25, 0.3) is 0 Å². The molecular weight excluding hydrogens is 377 g/mol. The third kappa shape index (κ3) is 6.73. The second-order valence-corrected chi connectivity index (χ2v) is 6.92. The Morgan fingerprint density at radius 1 is 1.46 bits per heavy atom. The van der Waals surface area contributed by atoms with Crippen molar-refractivity contribution in [1.29, 1.82) is 0 Å². The van der Waals surface area contributed by atoms with Gasteiger partial charge in [-0.05, 0) is 25.1 Å². The van der Waals surface area contributed by atoms with Crippen LogP contribution in [0.5, 0.6) is 0 Å². The lowest BCUT2D eigenvalue weighted by molar-refractivity contribution is -0.137. The molecule has 0 saturated carbocycles. The number of ether oxygens (including phenoxy) is 2. The summed E-state index contributed by atoms with van der Waals surface area (Å²) in [5, 5.41) is 9.56. The fraction of sp³-hybridized carbons (Fsp3) is 0.632. The fourth-order valence-corrected chi connectivity index (χ4v) is 3.16. The van der Waals surface area contributed by atoms with Crippen molar-refractivity contribution in [2.24, 2.45) is 0 Å². The molecule has 0 aromatic heterocycles. The molecule has 0 spiro atoms. The maximum absolute atomic E-state index is 13.0. The Morgan fingerprint density at radius 2 is 2.21 bits per heavy atom. The number of benzene rings is 1. The molecule has 9 heteroatoms. The van der Waals surface area contributed by atoms with E-state index in [0.717, 1.165) is 12.1 Å². The van der Waals surface area contributed by atoms with Crippen molar-refractivity contribution in [3.8, 4) is 0 Å². The van der Waals surface area contributed by atoms with Gasteiger partial charge in [0.15, 0.2) is 0 Å². The van der Waals surface area contributed by atoms with Crippen molar-refractivity contribution in [2.75, 3.05) is 53.0 Å². The average Bonchev–Trinajstić information content (AvgIpc) is 2.63. The van der Waals surface area contributed by atoms with Gasteiger partial charge in [-0.3, -0.25) is 9.69 Å². The molecule has 0 bridgehead atoms. The van der Waals surface area contributed by atoms with Gasteiger partial charge in [-0.2, -0.15) is 13.2 Å². The molecule has 0 radical (unpaired) electrons. The van der Waals surface area contributed by atoms with Gasteiger partial charge in [0.25, 0.3) is 5.91 Å². The number of alkyl halides is 3. The largest absolute Gasteiger partial charge is 0.416 e. The zero-order valence-electron chi connectivity index (χ0n) is 16.1. The molecule has 2 rings (SSSR count). The van der Waals surface area contributed by atoms with Crippen LogP contribution in [0.15, 0.2) is 24.3 Å². The van der Waals surface area contributed by atoms with E-state index in [-0.39, 0.29) is 31.4 Å². The topological polar surface area (TPSA) is 62.2 Å². The second kappa shape index (κ2) is 10.2. The molecule has 28 heavy (non-hydrogen) atoms. The Morgan fingerprint density at radius 3 is 2.86 bits per heavy atom. The highest BCUT2D eigenvalue weighted by Crippen LogP contribution is 2.29. The summed E-state index contributed by atoms with van der Waals surface area (Å²) in [7, 11) is 1.49. The lowest BCUT2D eigenvalue weighted by atomic mass is 10.1. The molecule has 1 amide bonds. The van der Waals surface area contributed by atoms with E-state index in [1.165, 1.54) is 24.1 Å². The van der Waals surface area contributed by atoms with Crippen molar-refractivity contribution >= 4 is 5.91 Å². The number of morpholine rings is 1. The van der Waals surface area contributed by atoms with Crippen LogP contribution in [-0.4, -0.2) is 86.1 Å². The number of halogens is 3. The summed E-state index contributed by atoms with van der Waals surface area (Å²) in [4.78, 5) is 16.4. The molecule has 6 nitrogen and oxygen atoms in total. The standard InChI is InChI=1S/C19H27F3N2O4/c1-14(25)11-23-6-9-28-17(12-23)13-24(7-8-27-2)18(26)15-4-3-5-16(10-15)19(20,21)22/h3-5,10,14,17,25H,6-9,11-13H2,1-2H3/t14-,17+/m0/s1. The molecule has 1 aromatic carbocycles. The Kier molecular flexibility index (Phi) is 8.23. The summed E-state index contributed by atoms with van der Waals surface area (Å²) >= 11 is 0. The number of methoxy groups -OCH3 is 1. The number of aliphatic hydroxyl groups is 1. The third-order valence-corrected chi connectivity index (χ3v) is 4.46. The van der Waals surface area contributed by atoms with Crippen LogP contribution in [0, 0.1) is 0 Å². The predicted octanol–water partition coefficient (Wildman–Crippen LogP) is 1.88. The van der Waals surface area contributed by atoms with Crippen molar-refractivity contribution in [1.82, 2.24) is 9.80 Å². The monoisotopic (exact) mass is 404 g/mol. The summed E-state index contributed by atoms with van der Waals surface area (Å²) < 4.78 is 49.7. The minimum absolute atomic E-state index is 0.0254. The first-order chi connectivity index (χ1) is 13.2. The smallest absolute Gasteiger partial charge is 0.392 e. The number of carbonyl (C=O) groups is 1. The van der Waals surface area contributed by atoms with Gasteiger partial charge >= 0.3 is 6.18 Å². The normalized spacial score (nSPS) is 19.4. The highest BCUT2D eigenvalue weighted by atomic mass is 19.4. The first-order valence-electron chi connectivity index (χ1n) is 9.18. The number of carbonyl (C=O) groups excluding carboxylic acids is 1. The minimum atomic E-state index is -4.51. The maximum Gasteiger partial charge on any atom is 0.416 e. The molecule has 158 valence electrons. The van der Waals surface area contributed by atoms with Crippen LogP contribution in [0.4, 0.5) is 13.2 Å². The Labute approximate surface area is 162 Å². The van der Waals surface area contributed by atoms with Gasteiger partial charge in [0, 0.05) is 45.4 Å². The van der Waals surface area contributed by atoms with Crippen LogP contribution < -0.4 is 0 Å². The second-order valence-electron chi connectivity index (χ2n) is 6.92. The van der Waals surface area contributed by atoms with Crippen LogP contribution in [0.2, 0.25) is 0 Å². The van der Waals surface area contributed by atoms with Gasteiger partial charge in [-0.25, -0.2) is 0 Å². The highest BCUT2D eigenvalue weighted by molar-refractivity contribution is 5.94. The van der Waals surface area contributed by atoms with Crippen LogP contribution in [0.3, 0.4) is 0 Å². The van der Waals surface area contributed by atoms with Crippen molar-refractivity contribution in [2.45, 2.75) is 25.3 Å². The number of nitrogens with zero attached hydrogens (tertiary/aromatic N) is 2. The summed E-state index contributed by atoms with van der Waals surface area (Å²) in [5.41, 5.74) is -0.885. The molecule has 1 saturated heterocycles. The number of hydrogen-bond donors (Lipinski definition) is 1. The van der Waals surface area contributed by atoms with E-state index in [0.29, 0.717) is 26.2 Å². The molecule has 1 N–H and O–H groups in total. The third-order valence-electron chi connectivity index (χ3n) is 4.46. The van der Waals surface area contributed by atoms with Gasteiger partial charge < -0.3 is 19.5 Å². The van der Waals surface area contributed by atoms with Crippen molar-refractivity contribution in [3.05, 3.63) is 35.4 Å². The molecule has 1 fully saturated rings. The van der Waals surface area contributed by atoms with E-state index in [9.17, 15) is 23.1 Å². The number of rotatable bonds is 8. The summed E-state index contributed by atoms with van der Waals surface area (Å²) in [6, 6.07) is 4.41. The molecule has 1 aromatic rings. The summed E-state index contributed by atoms with van der Waals surface area (Å²) in [6.45, 7) is 4.61. The molecule has 0 aliphatic carbocycles. The van der Waals surface area contributed by atoms with Gasteiger partial charge in [-0.1, -0.05) is 6.07 Å². The zero-order valence-corrected chi connectivity index (χ0v) is 16.1. The number of β-amino-alcohol motifs (C(OH)–C–C–N with tert-alkyl or cyclic N) is 1. The lowest BCUT2D eigenvalue weighted by Crippen LogP contribution is -2.50. The van der Waals surface area contributed by atoms with Gasteiger partial charge in [0.2, 0.25) is 0 Å². The van der Waals surface area contributed by atoms with E-state index >= 15 is 0 Å². The number of amides is 1. The molecular formula is C19H27F3N2O4. The molecule has 1 aliphatic rings. The fourth-order valence-electron chi connectivity index (χ4n) is 3.16. The van der Waals surface area contributed by atoms with Gasteiger partial charge in [0.1, 0.15) is 0 Å². The molecule has 1 aliphatic heterocycles. The molecule has 2 atom stereocenters. The van der Waals surface area contributed by atoms with Crippen LogP contribution in [0.1, 0.15) is 22.8 Å². The summed E-state index contributed by atoms with van der Waals surface area (Å²) in [6.07, 6.45) is -5.28. The Hall–Kier alpha value is -1.68. The zero-order chi connectivity index (χ0) is 20.7. The number of hydrogen-bond acceptors (Lipinski definition) is 5. The lowest BCUT2D eigenvalue weighted by Gasteiger charge is -2.36. The van der Waals surface area contributed by atoms with E-state index < -0.39 is 23.8 Å². The quantitative estimate of drug-likeness (QED) is 0.717. The van der Waals surface area contributed by atoms with Crippen molar-refractivity contribution in [3.63, 3.8) is 0 Å². The van der Waals surface area contributed by atoms with E-state index in [2.05, 4.69) is 0 Å².